The van der Waals surface area contributed by atoms with Crippen molar-refractivity contribution >= 4 is 23.1 Å². The Bertz CT molecular complexity index is 1010. The smallest absolute Gasteiger partial charge is 0.330 e. The number of likely N-dealkylation sites (N-methyl/N-ethyl adjacent to an activating group) is 1. The Morgan fingerprint density at radius 1 is 1.28 bits per heavy atom. The number of aromatic amines is 1. The second kappa shape index (κ2) is 8.55. The van der Waals surface area contributed by atoms with Gasteiger partial charge in [0.2, 0.25) is 5.91 Å². The van der Waals surface area contributed by atoms with Crippen LogP contribution in [-0.2, 0) is 11.3 Å². The Hall–Kier alpha value is -3.03. The van der Waals surface area contributed by atoms with Gasteiger partial charge in [0.05, 0.1) is 6.54 Å². The summed E-state index contributed by atoms with van der Waals surface area (Å²) in [6, 6.07) is 8.04. The van der Waals surface area contributed by atoms with Crippen LogP contribution in [0.5, 0.6) is 0 Å². The number of nitrogens with zero attached hydrogens (tertiary/aromatic N) is 3. The lowest BCUT2D eigenvalue weighted by Gasteiger charge is -2.26. The van der Waals surface area contributed by atoms with E-state index in [2.05, 4.69) is 18.0 Å². The van der Waals surface area contributed by atoms with E-state index in [9.17, 15) is 14.4 Å². The quantitative estimate of drug-likeness (QED) is 0.740. The SMILES string of the molecule is CCCCn1c(N)c(N(CC)C(=O)CN2CC(C)c3ccccc32)c(=O)[nH]c1=O. The van der Waals surface area contributed by atoms with Crippen LogP contribution in [0, 0.1) is 0 Å². The molecule has 29 heavy (non-hydrogen) atoms. The van der Waals surface area contributed by atoms with E-state index in [1.165, 1.54) is 15.0 Å². The zero-order valence-electron chi connectivity index (χ0n) is 17.3. The first-order valence-electron chi connectivity index (χ1n) is 10.2. The molecule has 0 spiro atoms. The molecule has 0 saturated carbocycles. The lowest BCUT2D eigenvalue weighted by atomic mass is 10.0. The first-order valence-corrected chi connectivity index (χ1v) is 10.2. The number of nitrogen functional groups attached to an aromatic ring is 1. The summed E-state index contributed by atoms with van der Waals surface area (Å²) in [5.74, 6) is 0.144. The lowest BCUT2D eigenvalue weighted by Crippen LogP contribution is -2.45. The minimum absolute atomic E-state index is 0.0394. The number of amides is 1. The molecule has 0 saturated heterocycles. The van der Waals surface area contributed by atoms with E-state index in [1.54, 1.807) is 6.92 Å². The number of para-hydroxylation sites is 1. The number of unbranched alkanes of at least 4 members (excludes halogenated alkanes) is 1. The molecule has 0 bridgehead atoms. The molecule has 2 heterocycles. The Balaban J connectivity index is 1.91. The molecule has 1 amide bonds. The maximum absolute atomic E-state index is 13.2. The molecule has 1 aromatic carbocycles. The van der Waals surface area contributed by atoms with Gasteiger partial charge in [0, 0.05) is 31.2 Å². The number of hydrogen-bond donors (Lipinski definition) is 2. The number of hydrogen-bond acceptors (Lipinski definition) is 5. The van der Waals surface area contributed by atoms with E-state index in [-0.39, 0.29) is 30.5 Å². The Morgan fingerprint density at radius 2 is 2.00 bits per heavy atom. The molecule has 156 valence electrons. The van der Waals surface area contributed by atoms with Crippen LogP contribution in [0.4, 0.5) is 17.2 Å². The van der Waals surface area contributed by atoms with Crippen molar-refractivity contribution in [3.8, 4) is 0 Å². The minimum Gasteiger partial charge on any atom is -0.383 e. The van der Waals surface area contributed by atoms with Gasteiger partial charge in [-0.05, 0) is 25.0 Å². The van der Waals surface area contributed by atoms with Crippen LogP contribution in [0.25, 0.3) is 0 Å². The highest BCUT2D eigenvalue weighted by Gasteiger charge is 2.29. The summed E-state index contributed by atoms with van der Waals surface area (Å²) in [6.45, 7) is 7.49. The van der Waals surface area contributed by atoms with Crippen molar-refractivity contribution in [3.05, 3.63) is 50.7 Å². The van der Waals surface area contributed by atoms with Gasteiger partial charge in [-0.25, -0.2) is 4.79 Å². The van der Waals surface area contributed by atoms with Crippen LogP contribution < -0.4 is 26.8 Å². The average molecular weight is 399 g/mol. The largest absolute Gasteiger partial charge is 0.383 e. The van der Waals surface area contributed by atoms with E-state index < -0.39 is 11.2 Å². The Labute approximate surface area is 169 Å². The van der Waals surface area contributed by atoms with E-state index in [4.69, 9.17) is 5.73 Å². The number of fused-ring (bicyclic) bond motifs is 1. The number of nitrogens with two attached hydrogens (primary N) is 1. The summed E-state index contributed by atoms with van der Waals surface area (Å²) >= 11 is 0. The third kappa shape index (κ3) is 3.92. The van der Waals surface area contributed by atoms with Crippen LogP contribution >= 0.6 is 0 Å². The summed E-state index contributed by atoms with van der Waals surface area (Å²) in [5, 5.41) is 0. The van der Waals surface area contributed by atoms with Crippen molar-refractivity contribution in [2.24, 2.45) is 0 Å². The highest BCUT2D eigenvalue weighted by Crippen LogP contribution is 2.35. The van der Waals surface area contributed by atoms with Crippen LogP contribution in [0.15, 0.2) is 33.9 Å². The molecule has 1 unspecified atom stereocenters. The van der Waals surface area contributed by atoms with Gasteiger partial charge in [-0.15, -0.1) is 0 Å². The monoisotopic (exact) mass is 399 g/mol. The zero-order chi connectivity index (χ0) is 21.1. The van der Waals surface area contributed by atoms with Crippen molar-refractivity contribution in [2.45, 2.75) is 46.1 Å². The van der Waals surface area contributed by atoms with E-state index in [1.807, 2.05) is 30.0 Å². The predicted molar refractivity (Wildman–Crippen MR) is 116 cm³/mol. The molecule has 0 aliphatic carbocycles. The van der Waals surface area contributed by atoms with Crippen molar-refractivity contribution < 1.29 is 4.79 Å². The average Bonchev–Trinajstić information content (AvgIpc) is 3.00. The summed E-state index contributed by atoms with van der Waals surface area (Å²) < 4.78 is 1.34. The van der Waals surface area contributed by atoms with Gasteiger partial charge < -0.3 is 15.5 Å². The Kier molecular flexibility index (Phi) is 6.10. The second-order valence-corrected chi connectivity index (χ2v) is 7.48. The molecule has 0 fully saturated rings. The first kappa shape index (κ1) is 20.7. The first-order chi connectivity index (χ1) is 13.9. The van der Waals surface area contributed by atoms with Crippen molar-refractivity contribution in [3.63, 3.8) is 0 Å². The van der Waals surface area contributed by atoms with Gasteiger partial charge in [-0.1, -0.05) is 38.5 Å². The number of carbonyl (C=O) groups is 1. The predicted octanol–water partition coefficient (Wildman–Crippen LogP) is 1.90. The highest BCUT2D eigenvalue weighted by atomic mass is 16.2. The molecule has 1 aliphatic heterocycles. The number of rotatable bonds is 7. The van der Waals surface area contributed by atoms with E-state index in [0.717, 1.165) is 25.1 Å². The van der Waals surface area contributed by atoms with Gasteiger partial charge in [-0.2, -0.15) is 0 Å². The molecule has 0 radical (unpaired) electrons. The zero-order valence-corrected chi connectivity index (χ0v) is 17.3. The van der Waals surface area contributed by atoms with Crippen molar-refractivity contribution in [1.82, 2.24) is 9.55 Å². The van der Waals surface area contributed by atoms with Crippen molar-refractivity contribution in [2.75, 3.05) is 35.2 Å². The van der Waals surface area contributed by atoms with Gasteiger partial charge in [-0.3, -0.25) is 19.1 Å². The highest BCUT2D eigenvalue weighted by molar-refractivity contribution is 5.98. The summed E-state index contributed by atoms with van der Waals surface area (Å²) in [7, 11) is 0. The van der Waals surface area contributed by atoms with Crippen LogP contribution in [-0.4, -0.2) is 35.1 Å². The summed E-state index contributed by atoms with van der Waals surface area (Å²) in [4.78, 5) is 43.6. The molecule has 3 rings (SSSR count). The van der Waals surface area contributed by atoms with Gasteiger partial charge in [0.1, 0.15) is 5.82 Å². The lowest BCUT2D eigenvalue weighted by molar-refractivity contribution is -0.117. The van der Waals surface area contributed by atoms with Crippen molar-refractivity contribution in [1.29, 1.82) is 0 Å². The van der Waals surface area contributed by atoms with E-state index in [0.29, 0.717) is 12.5 Å². The Morgan fingerprint density at radius 3 is 2.69 bits per heavy atom. The molecule has 8 nitrogen and oxygen atoms in total. The molecule has 1 atom stereocenters. The normalized spacial score (nSPS) is 15.4. The minimum atomic E-state index is -0.634. The molecule has 1 aliphatic rings. The fraction of sp³-hybridized carbons (Fsp3) is 0.476. The maximum atomic E-state index is 13.2. The number of aromatic nitrogens is 2. The number of anilines is 3. The number of carbonyl (C=O) groups excluding carboxylic acids is 1. The summed E-state index contributed by atoms with van der Waals surface area (Å²) in [5.41, 5.74) is 7.31. The summed E-state index contributed by atoms with van der Waals surface area (Å²) in [6.07, 6.45) is 1.63. The van der Waals surface area contributed by atoms with Gasteiger partial charge in [0.15, 0.2) is 5.69 Å². The second-order valence-electron chi connectivity index (χ2n) is 7.48. The number of benzene rings is 1. The molecule has 3 N–H and O–H groups in total. The van der Waals surface area contributed by atoms with Gasteiger partial charge >= 0.3 is 5.69 Å². The van der Waals surface area contributed by atoms with Crippen LogP contribution in [0.1, 0.15) is 45.1 Å². The topological polar surface area (TPSA) is 104 Å². The number of nitrogens with one attached hydrogen (secondary N) is 1. The third-order valence-corrected chi connectivity index (χ3v) is 5.47. The van der Waals surface area contributed by atoms with E-state index >= 15 is 0 Å². The van der Waals surface area contributed by atoms with Crippen LogP contribution in [0.3, 0.4) is 0 Å². The molecular formula is C21H29N5O3. The molecule has 1 aromatic heterocycles. The maximum Gasteiger partial charge on any atom is 0.330 e. The third-order valence-electron chi connectivity index (χ3n) is 5.47. The van der Waals surface area contributed by atoms with Crippen LogP contribution in [0.2, 0.25) is 0 Å². The standard InChI is InChI=1S/C21H29N5O3/c1-4-6-11-26-19(22)18(20(28)23-21(26)29)25(5-2)17(27)13-24-12-14(3)15-9-7-8-10-16(15)24/h7-10,14H,4-6,11-13,22H2,1-3H3,(H,23,28,29). The fourth-order valence-corrected chi connectivity index (χ4v) is 3.95. The fourth-order valence-electron chi connectivity index (χ4n) is 3.95. The number of H-pyrrole nitrogens is 1. The molecular weight excluding hydrogens is 370 g/mol. The van der Waals surface area contributed by atoms with Gasteiger partial charge in [0.25, 0.3) is 5.56 Å². The molecule has 8 heteroatoms. The molecule has 2 aromatic rings.